The van der Waals surface area contributed by atoms with E-state index in [1.807, 2.05) is 24.3 Å². The molecule has 0 aliphatic heterocycles. The van der Waals surface area contributed by atoms with Gasteiger partial charge in [-0.1, -0.05) is 42.5 Å². The third-order valence-corrected chi connectivity index (χ3v) is 5.49. The van der Waals surface area contributed by atoms with Gasteiger partial charge in [0.05, 0.1) is 6.42 Å². The minimum atomic E-state index is -0.987. The number of benzene rings is 2. The molecule has 0 saturated heterocycles. The first-order valence-electron chi connectivity index (χ1n) is 10.3. The minimum Gasteiger partial charge on any atom is -0.447 e. The summed E-state index contributed by atoms with van der Waals surface area (Å²) in [5.74, 6) is -0.924. The predicted molar refractivity (Wildman–Crippen MR) is 108 cm³/mol. The Morgan fingerprint density at radius 1 is 0.966 bits per heavy atom. The summed E-state index contributed by atoms with van der Waals surface area (Å²) in [6.07, 6.45) is 4.15. The number of rotatable bonds is 8. The van der Waals surface area contributed by atoms with Crippen LogP contribution in [0.1, 0.15) is 65.3 Å². The number of hydrogen-bond acceptors (Lipinski definition) is 4. The fourth-order valence-electron chi connectivity index (χ4n) is 3.70. The highest BCUT2D eigenvalue weighted by Crippen LogP contribution is 2.25. The molecule has 5 heteroatoms. The van der Waals surface area contributed by atoms with Crippen molar-refractivity contribution in [3.63, 3.8) is 0 Å². The maximum absolute atomic E-state index is 12.5. The van der Waals surface area contributed by atoms with Crippen LogP contribution in [0.5, 0.6) is 0 Å². The molecular formula is C24H25NO4. The van der Waals surface area contributed by atoms with Gasteiger partial charge in [0.25, 0.3) is 5.91 Å². The predicted octanol–water partition coefficient (Wildman–Crippen LogP) is 3.70. The van der Waals surface area contributed by atoms with E-state index < -0.39 is 12.1 Å². The number of amides is 1. The molecule has 4 rings (SSSR count). The Morgan fingerprint density at radius 3 is 2.48 bits per heavy atom. The zero-order valence-corrected chi connectivity index (χ0v) is 16.4. The Balaban J connectivity index is 1.36. The average Bonchev–Trinajstić information content (AvgIpc) is 3.43. The molecular weight excluding hydrogens is 366 g/mol. The summed E-state index contributed by atoms with van der Waals surface area (Å²) in [5, 5.41) is 2.89. The van der Waals surface area contributed by atoms with Crippen LogP contribution in [0.4, 0.5) is 0 Å². The van der Waals surface area contributed by atoms with Gasteiger partial charge in [0.2, 0.25) is 6.10 Å². The highest BCUT2D eigenvalue weighted by Gasteiger charge is 2.30. The van der Waals surface area contributed by atoms with Crippen LogP contribution in [-0.2, 0) is 27.2 Å². The molecule has 150 valence electrons. The summed E-state index contributed by atoms with van der Waals surface area (Å²) in [7, 11) is 0. The fourth-order valence-corrected chi connectivity index (χ4v) is 3.70. The number of ether oxygens (including phenoxy) is 1. The van der Waals surface area contributed by atoms with E-state index in [4.69, 9.17) is 4.74 Å². The van der Waals surface area contributed by atoms with Gasteiger partial charge < -0.3 is 10.1 Å². The quantitative estimate of drug-likeness (QED) is 0.550. The van der Waals surface area contributed by atoms with Gasteiger partial charge in [-0.25, -0.2) is 0 Å². The van der Waals surface area contributed by atoms with Crippen molar-refractivity contribution >= 4 is 17.7 Å². The Morgan fingerprint density at radius 2 is 1.72 bits per heavy atom. The molecule has 1 amide bonds. The first kappa shape index (κ1) is 19.4. The number of Topliss-reactive ketones (excluding diaryl/α,β-unsaturated/α-hetero) is 1. The second-order valence-electron chi connectivity index (χ2n) is 7.82. The van der Waals surface area contributed by atoms with Crippen LogP contribution in [0, 0.1) is 0 Å². The van der Waals surface area contributed by atoms with E-state index in [2.05, 4.69) is 5.32 Å². The second-order valence-corrected chi connectivity index (χ2v) is 7.82. The summed E-state index contributed by atoms with van der Waals surface area (Å²) in [4.78, 5) is 37.4. The monoisotopic (exact) mass is 391 g/mol. The molecule has 5 nitrogen and oxygen atoms in total. The molecule has 2 aromatic rings. The number of aryl methyl sites for hydroxylation is 2. The minimum absolute atomic E-state index is 0.0457. The number of esters is 1. The van der Waals surface area contributed by atoms with E-state index in [1.165, 1.54) is 11.1 Å². The van der Waals surface area contributed by atoms with Crippen LogP contribution in [0.3, 0.4) is 0 Å². The lowest BCUT2D eigenvalue weighted by atomic mass is 10.0. The average molecular weight is 391 g/mol. The second kappa shape index (κ2) is 8.60. The molecule has 1 N–H and O–H groups in total. The molecule has 1 atom stereocenters. The first-order valence-corrected chi connectivity index (χ1v) is 10.3. The summed E-state index contributed by atoms with van der Waals surface area (Å²) in [6.45, 7) is 0. The van der Waals surface area contributed by atoms with Crippen LogP contribution in [-0.4, -0.2) is 23.7 Å². The van der Waals surface area contributed by atoms with E-state index >= 15 is 0 Å². The van der Waals surface area contributed by atoms with Crippen molar-refractivity contribution in [3.8, 4) is 0 Å². The number of carbonyl (C=O) groups is 3. The molecule has 1 fully saturated rings. The Kier molecular flexibility index (Phi) is 5.74. The molecule has 0 unspecified atom stereocenters. The molecule has 2 aliphatic carbocycles. The van der Waals surface area contributed by atoms with Crippen molar-refractivity contribution in [2.75, 3.05) is 0 Å². The van der Waals surface area contributed by atoms with Crippen molar-refractivity contribution in [1.29, 1.82) is 0 Å². The zero-order valence-electron chi connectivity index (χ0n) is 16.4. The number of carbonyl (C=O) groups excluding carboxylic acids is 3. The lowest BCUT2D eigenvalue weighted by molar-refractivity contribution is -0.156. The molecule has 2 aliphatic rings. The van der Waals surface area contributed by atoms with Crippen molar-refractivity contribution in [1.82, 2.24) is 5.32 Å². The van der Waals surface area contributed by atoms with Gasteiger partial charge in [0.1, 0.15) is 0 Å². The highest BCUT2D eigenvalue weighted by atomic mass is 16.5. The number of ketones is 1. The van der Waals surface area contributed by atoms with E-state index in [0.717, 1.165) is 32.1 Å². The van der Waals surface area contributed by atoms with Crippen molar-refractivity contribution < 1.29 is 19.1 Å². The summed E-state index contributed by atoms with van der Waals surface area (Å²) in [6, 6.07) is 15.0. The Hall–Kier alpha value is -2.95. The van der Waals surface area contributed by atoms with Crippen molar-refractivity contribution in [3.05, 3.63) is 70.8 Å². The van der Waals surface area contributed by atoms with Gasteiger partial charge in [-0.3, -0.25) is 14.4 Å². The molecule has 0 heterocycles. The molecule has 0 spiro atoms. The first-order chi connectivity index (χ1) is 14.1. The van der Waals surface area contributed by atoms with Crippen LogP contribution >= 0.6 is 0 Å². The van der Waals surface area contributed by atoms with Crippen LogP contribution in [0.15, 0.2) is 48.5 Å². The van der Waals surface area contributed by atoms with Gasteiger partial charge in [0, 0.05) is 23.6 Å². The maximum atomic E-state index is 12.5. The third kappa shape index (κ3) is 4.91. The van der Waals surface area contributed by atoms with Gasteiger partial charge >= 0.3 is 5.97 Å². The lowest BCUT2D eigenvalue weighted by Crippen LogP contribution is -2.33. The van der Waals surface area contributed by atoms with Crippen LogP contribution in [0.2, 0.25) is 0 Å². The largest absolute Gasteiger partial charge is 0.447 e. The summed E-state index contributed by atoms with van der Waals surface area (Å²) < 4.78 is 5.48. The fraction of sp³-hybridized carbons (Fsp3) is 0.375. The SMILES string of the molecule is O=C(CCC(=O)c1ccc2c(c1)CCC2)O[C@@H](C(=O)NC1CC1)c1ccccc1. The molecule has 0 radical (unpaired) electrons. The molecule has 29 heavy (non-hydrogen) atoms. The summed E-state index contributed by atoms with van der Waals surface area (Å²) >= 11 is 0. The maximum Gasteiger partial charge on any atom is 0.307 e. The standard InChI is InChI=1S/C24H25NO4/c26-21(19-10-9-16-7-4-8-18(16)15-19)13-14-22(27)29-23(17-5-2-1-3-6-17)24(28)25-20-11-12-20/h1-3,5-6,9-10,15,20,23H,4,7-8,11-14H2,(H,25,28)/t23-/m1/s1. The highest BCUT2D eigenvalue weighted by molar-refractivity contribution is 5.98. The number of hydrogen-bond donors (Lipinski definition) is 1. The number of fused-ring (bicyclic) bond motifs is 1. The topological polar surface area (TPSA) is 72.5 Å². The van der Waals surface area contributed by atoms with Crippen LogP contribution < -0.4 is 5.32 Å². The van der Waals surface area contributed by atoms with Gasteiger partial charge in [-0.2, -0.15) is 0 Å². The Bertz CT molecular complexity index is 918. The van der Waals surface area contributed by atoms with Gasteiger partial charge in [-0.05, 0) is 49.3 Å². The Labute approximate surface area is 170 Å². The van der Waals surface area contributed by atoms with Crippen molar-refractivity contribution in [2.45, 2.75) is 57.1 Å². The number of nitrogens with one attached hydrogen (secondary N) is 1. The van der Waals surface area contributed by atoms with Gasteiger partial charge in [-0.15, -0.1) is 0 Å². The summed E-state index contributed by atoms with van der Waals surface area (Å²) in [5.41, 5.74) is 3.82. The molecule has 0 bridgehead atoms. The van der Waals surface area contributed by atoms with E-state index in [9.17, 15) is 14.4 Å². The zero-order chi connectivity index (χ0) is 20.2. The normalized spacial score (nSPS) is 16.0. The van der Waals surface area contributed by atoms with E-state index in [0.29, 0.717) is 11.1 Å². The lowest BCUT2D eigenvalue weighted by Gasteiger charge is -2.18. The molecule has 0 aromatic heterocycles. The molecule has 1 saturated carbocycles. The third-order valence-electron chi connectivity index (χ3n) is 5.49. The smallest absolute Gasteiger partial charge is 0.307 e. The van der Waals surface area contributed by atoms with Gasteiger partial charge in [0.15, 0.2) is 5.78 Å². The van der Waals surface area contributed by atoms with Crippen LogP contribution in [0.25, 0.3) is 0 Å². The molecule has 2 aromatic carbocycles. The van der Waals surface area contributed by atoms with E-state index in [1.54, 1.807) is 24.3 Å². The van der Waals surface area contributed by atoms with E-state index in [-0.39, 0.29) is 30.6 Å². The van der Waals surface area contributed by atoms with Crippen molar-refractivity contribution in [2.24, 2.45) is 0 Å².